The Morgan fingerprint density at radius 1 is 1.41 bits per heavy atom. The monoisotopic (exact) mass is 234 g/mol. The summed E-state index contributed by atoms with van der Waals surface area (Å²) < 4.78 is 5.20. The maximum atomic E-state index is 11.6. The van der Waals surface area contributed by atoms with Gasteiger partial charge in [0, 0.05) is 19.1 Å². The summed E-state index contributed by atoms with van der Waals surface area (Å²) in [6, 6.07) is 9.90. The van der Waals surface area contributed by atoms with Crippen molar-refractivity contribution in [3.63, 3.8) is 0 Å². The molecular weight excluding hydrogens is 216 g/mol. The van der Waals surface area contributed by atoms with E-state index in [1.807, 2.05) is 35.2 Å². The number of hydrogen-bond donors (Lipinski definition) is 1. The number of nitrogens with zero attached hydrogens (tertiary/aromatic N) is 1. The molecule has 0 bridgehead atoms. The Morgan fingerprint density at radius 3 is 2.82 bits per heavy atom. The lowest BCUT2D eigenvalue weighted by Crippen LogP contribution is -2.31. The molecule has 1 aliphatic heterocycles. The number of benzene rings is 1. The third-order valence-electron chi connectivity index (χ3n) is 2.90. The fraction of sp³-hybridized carbons (Fsp3) is 0.462. The first-order valence-electron chi connectivity index (χ1n) is 5.91. The summed E-state index contributed by atoms with van der Waals surface area (Å²) in [5.74, 6) is -0.178. The van der Waals surface area contributed by atoms with Crippen LogP contribution in [-0.4, -0.2) is 36.5 Å². The first-order valence-corrected chi connectivity index (χ1v) is 5.91. The summed E-state index contributed by atoms with van der Waals surface area (Å²) in [6.45, 7) is 2.38. The van der Waals surface area contributed by atoms with Crippen LogP contribution in [0.4, 0.5) is 0 Å². The number of nitrogens with two attached hydrogens (primary N) is 1. The standard InChI is InChI=1S/C13H18N2O2/c14-12-6-7-15(8-12)9-13(16)17-10-11-4-2-1-3-5-11/h1-5,12H,6-10,14H2/t12-/m1/s1. The van der Waals surface area contributed by atoms with Gasteiger partial charge in [0.2, 0.25) is 0 Å². The maximum absolute atomic E-state index is 11.6. The SMILES string of the molecule is N[C@@H]1CCN(CC(=O)OCc2ccccc2)C1. The Balaban J connectivity index is 1.71. The highest BCUT2D eigenvalue weighted by Crippen LogP contribution is 2.07. The van der Waals surface area contributed by atoms with Gasteiger partial charge in [0.05, 0.1) is 6.54 Å². The van der Waals surface area contributed by atoms with Gasteiger partial charge in [-0.2, -0.15) is 0 Å². The smallest absolute Gasteiger partial charge is 0.320 e. The van der Waals surface area contributed by atoms with Crippen LogP contribution in [0.5, 0.6) is 0 Å². The van der Waals surface area contributed by atoms with Gasteiger partial charge in [-0.3, -0.25) is 9.69 Å². The normalized spacial score (nSPS) is 20.4. The lowest BCUT2D eigenvalue weighted by atomic mass is 10.2. The Labute approximate surface area is 101 Å². The van der Waals surface area contributed by atoms with Crippen LogP contribution in [0.3, 0.4) is 0 Å². The largest absolute Gasteiger partial charge is 0.460 e. The van der Waals surface area contributed by atoms with Crippen LogP contribution in [0.25, 0.3) is 0 Å². The van der Waals surface area contributed by atoms with E-state index in [1.54, 1.807) is 0 Å². The van der Waals surface area contributed by atoms with Crippen LogP contribution >= 0.6 is 0 Å². The average molecular weight is 234 g/mol. The molecule has 1 aromatic carbocycles. The molecule has 1 atom stereocenters. The number of hydrogen-bond acceptors (Lipinski definition) is 4. The van der Waals surface area contributed by atoms with Crippen molar-refractivity contribution in [2.75, 3.05) is 19.6 Å². The van der Waals surface area contributed by atoms with Gasteiger partial charge in [0.15, 0.2) is 0 Å². The molecule has 4 heteroatoms. The predicted molar refractivity (Wildman–Crippen MR) is 65.3 cm³/mol. The third-order valence-corrected chi connectivity index (χ3v) is 2.90. The molecule has 2 N–H and O–H groups in total. The van der Waals surface area contributed by atoms with Gasteiger partial charge in [-0.1, -0.05) is 30.3 Å². The van der Waals surface area contributed by atoms with E-state index in [0.717, 1.165) is 25.1 Å². The number of ether oxygens (including phenoxy) is 1. The van der Waals surface area contributed by atoms with E-state index < -0.39 is 0 Å². The van der Waals surface area contributed by atoms with E-state index in [2.05, 4.69) is 0 Å². The molecule has 0 aliphatic carbocycles. The summed E-state index contributed by atoms with van der Waals surface area (Å²) in [5, 5.41) is 0. The minimum absolute atomic E-state index is 0.178. The molecule has 0 aromatic heterocycles. The first kappa shape index (κ1) is 12.1. The van der Waals surface area contributed by atoms with Crippen molar-refractivity contribution in [3.05, 3.63) is 35.9 Å². The second kappa shape index (κ2) is 5.80. The maximum Gasteiger partial charge on any atom is 0.320 e. The molecule has 0 saturated carbocycles. The first-order chi connectivity index (χ1) is 8.24. The summed E-state index contributed by atoms with van der Waals surface area (Å²) in [5.41, 5.74) is 6.79. The molecule has 2 rings (SSSR count). The van der Waals surface area contributed by atoms with Gasteiger partial charge >= 0.3 is 5.97 Å². The second-order valence-corrected chi connectivity index (χ2v) is 4.43. The van der Waals surface area contributed by atoms with E-state index >= 15 is 0 Å². The highest BCUT2D eigenvalue weighted by molar-refractivity contribution is 5.71. The number of esters is 1. The van der Waals surface area contributed by atoms with Crippen LogP contribution in [0.2, 0.25) is 0 Å². The summed E-state index contributed by atoms with van der Waals surface area (Å²) in [6.07, 6.45) is 0.964. The molecule has 92 valence electrons. The molecule has 0 spiro atoms. The van der Waals surface area contributed by atoms with Crippen molar-refractivity contribution in [2.24, 2.45) is 5.73 Å². The van der Waals surface area contributed by atoms with E-state index in [-0.39, 0.29) is 12.0 Å². The highest BCUT2D eigenvalue weighted by Gasteiger charge is 2.21. The summed E-state index contributed by atoms with van der Waals surface area (Å²) in [4.78, 5) is 13.6. The molecule has 17 heavy (non-hydrogen) atoms. The third kappa shape index (κ3) is 3.84. The molecule has 1 fully saturated rings. The van der Waals surface area contributed by atoms with Crippen molar-refractivity contribution in [3.8, 4) is 0 Å². The van der Waals surface area contributed by atoms with Gasteiger partial charge in [-0.05, 0) is 12.0 Å². The number of rotatable bonds is 4. The van der Waals surface area contributed by atoms with Gasteiger partial charge in [0.1, 0.15) is 6.61 Å². The highest BCUT2D eigenvalue weighted by atomic mass is 16.5. The van der Waals surface area contributed by atoms with E-state index in [9.17, 15) is 4.79 Å². The quantitative estimate of drug-likeness (QED) is 0.782. The molecule has 1 heterocycles. The van der Waals surface area contributed by atoms with Crippen molar-refractivity contribution in [1.29, 1.82) is 0 Å². The summed E-state index contributed by atoms with van der Waals surface area (Å²) >= 11 is 0. The topological polar surface area (TPSA) is 55.6 Å². The summed E-state index contributed by atoms with van der Waals surface area (Å²) in [7, 11) is 0. The van der Waals surface area contributed by atoms with Gasteiger partial charge in [-0.15, -0.1) is 0 Å². The second-order valence-electron chi connectivity index (χ2n) is 4.43. The van der Waals surface area contributed by atoms with Crippen molar-refractivity contribution >= 4 is 5.97 Å². The zero-order chi connectivity index (χ0) is 12.1. The van der Waals surface area contributed by atoms with Crippen LogP contribution in [0.1, 0.15) is 12.0 Å². The van der Waals surface area contributed by atoms with Gasteiger partial charge in [0.25, 0.3) is 0 Å². The number of carbonyl (C=O) groups is 1. The molecule has 0 radical (unpaired) electrons. The zero-order valence-electron chi connectivity index (χ0n) is 9.84. The number of carbonyl (C=O) groups excluding carboxylic acids is 1. The van der Waals surface area contributed by atoms with E-state index in [1.165, 1.54) is 0 Å². The minimum Gasteiger partial charge on any atom is -0.460 e. The Kier molecular flexibility index (Phi) is 4.12. The molecular formula is C13H18N2O2. The average Bonchev–Trinajstić information content (AvgIpc) is 2.73. The molecule has 1 aliphatic rings. The van der Waals surface area contributed by atoms with Crippen LogP contribution in [-0.2, 0) is 16.1 Å². The lowest BCUT2D eigenvalue weighted by molar-refractivity contribution is -0.146. The molecule has 1 saturated heterocycles. The molecule has 4 nitrogen and oxygen atoms in total. The Hall–Kier alpha value is -1.39. The van der Waals surface area contributed by atoms with Gasteiger partial charge < -0.3 is 10.5 Å². The Bertz CT molecular complexity index is 367. The van der Waals surface area contributed by atoms with E-state index in [0.29, 0.717) is 13.2 Å². The lowest BCUT2D eigenvalue weighted by Gasteiger charge is -2.14. The fourth-order valence-electron chi connectivity index (χ4n) is 1.97. The van der Waals surface area contributed by atoms with Crippen LogP contribution in [0.15, 0.2) is 30.3 Å². The zero-order valence-corrected chi connectivity index (χ0v) is 9.84. The number of likely N-dealkylation sites (tertiary alicyclic amines) is 1. The van der Waals surface area contributed by atoms with Crippen molar-refractivity contribution in [1.82, 2.24) is 4.90 Å². The predicted octanol–water partition coefficient (Wildman–Crippen LogP) is 0.763. The molecule has 0 unspecified atom stereocenters. The van der Waals surface area contributed by atoms with Crippen molar-refractivity contribution in [2.45, 2.75) is 19.1 Å². The fourth-order valence-corrected chi connectivity index (χ4v) is 1.97. The van der Waals surface area contributed by atoms with E-state index in [4.69, 9.17) is 10.5 Å². The van der Waals surface area contributed by atoms with Crippen molar-refractivity contribution < 1.29 is 9.53 Å². The Morgan fingerprint density at radius 2 is 2.18 bits per heavy atom. The molecule has 1 aromatic rings. The minimum atomic E-state index is -0.178. The van der Waals surface area contributed by atoms with Crippen LogP contribution in [0, 0.1) is 0 Å². The van der Waals surface area contributed by atoms with Gasteiger partial charge in [-0.25, -0.2) is 0 Å². The molecule has 0 amide bonds. The van der Waals surface area contributed by atoms with Crippen LogP contribution < -0.4 is 5.73 Å².